The number of carbonyl (C=O) groups is 1. The van der Waals surface area contributed by atoms with Gasteiger partial charge >= 0.3 is 6.16 Å². The number of benzene rings is 3. The van der Waals surface area contributed by atoms with Crippen LogP contribution in [0, 0.1) is 13.8 Å². The van der Waals surface area contributed by atoms with Crippen LogP contribution >= 0.6 is 0 Å². The monoisotopic (exact) mass is 519 g/mol. The molecule has 3 rings (SSSR count). The van der Waals surface area contributed by atoms with E-state index in [-0.39, 0.29) is 21.7 Å². The summed E-state index contributed by atoms with van der Waals surface area (Å²) in [5, 5.41) is 0. The van der Waals surface area contributed by atoms with Gasteiger partial charge in [-0.25, -0.2) is 4.79 Å². The average molecular weight is 520 g/mol. The Morgan fingerprint density at radius 1 is 0.622 bits per heavy atom. The summed E-state index contributed by atoms with van der Waals surface area (Å²) in [6, 6.07) is 22.3. The van der Waals surface area contributed by atoms with Crippen molar-refractivity contribution in [3.8, 4) is 5.75 Å². The number of rotatable bonds is 4. The van der Waals surface area contributed by atoms with E-state index in [2.05, 4.69) is 102 Å². The first-order valence-electron chi connectivity index (χ1n) is 12.9. The van der Waals surface area contributed by atoms with Crippen molar-refractivity contribution in [2.75, 3.05) is 0 Å². The molecule has 0 aliphatic rings. The number of carbonyl (C=O) groups excluding carboxylic acids is 1. The number of hydrogen-bond donors (Lipinski definition) is 0. The van der Waals surface area contributed by atoms with Crippen LogP contribution in [0.5, 0.6) is 5.75 Å². The van der Waals surface area contributed by atoms with Gasteiger partial charge in [0.25, 0.3) is 0 Å². The van der Waals surface area contributed by atoms with Crippen molar-refractivity contribution >= 4 is 17.1 Å². The average Bonchev–Trinajstić information content (AvgIpc) is 2.75. The highest BCUT2D eigenvalue weighted by Crippen LogP contribution is 2.37. The Balaban J connectivity index is 2.08. The lowest BCUT2D eigenvalue weighted by atomic mass is 9.87. The molecule has 0 aliphatic heterocycles. The van der Waals surface area contributed by atoms with E-state index in [1.165, 1.54) is 25.8 Å². The molecule has 198 valence electrons. The van der Waals surface area contributed by atoms with Crippen molar-refractivity contribution in [1.82, 2.24) is 0 Å². The maximum atomic E-state index is 12.4. The van der Waals surface area contributed by atoms with Crippen LogP contribution in [0.15, 0.2) is 75.4 Å². The second-order valence-electron chi connectivity index (χ2n) is 12.8. The van der Waals surface area contributed by atoms with E-state index in [1.807, 2.05) is 34.6 Å². The molecule has 4 heteroatoms. The fourth-order valence-corrected chi connectivity index (χ4v) is 6.36. The van der Waals surface area contributed by atoms with Gasteiger partial charge in [0, 0.05) is 12.1 Å². The van der Waals surface area contributed by atoms with Crippen LogP contribution in [-0.4, -0.2) is 11.8 Å². The van der Waals surface area contributed by atoms with Gasteiger partial charge in [0.05, 0.1) is 10.9 Å². The van der Waals surface area contributed by atoms with E-state index >= 15 is 0 Å². The molecule has 0 saturated heterocycles. The molecule has 0 amide bonds. The molecule has 0 heterocycles. The highest BCUT2D eigenvalue weighted by atomic mass is 32.2. The van der Waals surface area contributed by atoms with E-state index in [4.69, 9.17) is 9.47 Å². The largest absolute Gasteiger partial charge is 0.514 e. The minimum absolute atomic E-state index is 0.0965. The molecule has 0 aromatic heterocycles. The zero-order valence-electron chi connectivity index (χ0n) is 24.4. The standard InChI is InChI=1S/C33H43O3S/c1-22-20-28(21-23(2)29(22)35-30(34)36-33(9,10)11)37(26-16-12-24(13-17-26)31(3,4)5)27-18-14-25(15-19-27)32(6,7)8/h12-21H,1-11H3/q+1. The third kappa shape index (κ3) is 7.41. The molecule has 0 saturated carbocycles. The minimum Gasteiger partial charge on any atom is -0.428 e. The molecule has 0 N–H and O–H groups in total. The van der Waals surface area contributed by atoms with Gasteiger partial charge in [-0.2, -0.15) is 0 Å². The normalized spacial score (nSPS) is 12.5. The maximum Gasteiger partial charge on any atom is 0.514 e. The fourth-order valence-electron chi connectivity index (χ4n) is 4.13. The Hall–Kier alpha value is -2.72. The van der Waals surface area contributed by atoms with Gasteiger partial charge < -0.3 is 9.47 Å². The third-order valence-electron chi connectivity index (χ3n) is 6.16. The van der Waals surface area contributed by atoms with Crippen LogP contribution < -0.4 is 4.74 Å². The van der Waals surface area contributed by atoms with Crippen molar-refractivity contribution in [2.24, 2.45) is 0 Å². The van der Waals surface area contributed by atoms with Crippen LogP contribution in [-0.2, 0) is 26.5 Å². The summed E-state index contributed by atoms with van der Waals surface area (Å²) in [5.41, 5.74) is 4.04. The van der Waals surface area contributed by atoms with Crippen LogP contribution in [0.3, 0.4) is 0 Å². The van der Waals surface area contributed by atoms with E-state index in [1.54, 1.807) is 0 Å². The molecule has 0 fully saturated rings. The number of aryl methyl sites for hydroxylation is 2. The Morgan fingerprint density at radius 2 is 1.00 bits per heavy atom. The summed E-state index contributed by atoms with van der Waals surface area (Å²) in [5.74, 6) is 0.563. The van der Waals surface area contributed by atoms with Crippen LogP contribution in [0.25, 0.3) is 0 Å². The van der Waals surface area contributed by atoms with Gasteiger partial charge in [-0.05, 0) is 92.0 Å². The van der Waals surface area contributed by atoms with Crippen LogP contribution in [0.2, 0.25) is 0 Å². The molecular formula is C33H43O3S+. The van der Waals surface area contributed by atoms with Crippen molar-refractivity contribution in [3.05, 3.63) is 82.9 Å². The lowest BCUT2D eigenvalue weighted by Gasteiger charge is -2.21. The molecule has 0 bridgehead atoms. The minimum atomic E-state index is -0.680. The van der Waals surface area contributed by atoms with Gasteiger partial charge in [0.2, 0.25) is 0 Å². The maximum absolute atomic E-state index is 12.4. The number of hydrogen-bond acceptors (Lipinski definition) is 3. The molecular weight excluding hydrogens is 476 g/mol. The summed E-state index contributed by atoms with van der Waals surface area (Å²) in [6.45, 7) is 22.9. The van der Waals surface area contributed by atoms with Gasteiger partial charge in [0.15, 0.2) is 14.7 Å². The summed E-state index contributed by atoms with van der Waals surface area (Å²) >= 11 is 0. The molecule has 0 aliphatic carbocycles. The van der Waals surface area contributed by atoms with E-state index in [0.29, 0.717) is 5.75 Å². The summed E-state index contributed by atoms with van der Waals surface area (Å²) in [7, 11) is -0.314. The summed E-state index contributed by atoms with van der Waals surface area (Å²) < 4.78 is 11.0. The van der Waals surface area contributed by atoms with Gasteiger partial charge in [-0.15, -0.1) is 0 Å². The zero-order valence-corrected chi connectivity index (χ0v) is 25.2. The first kappa shape index (κ1) is 28.8. The lowest BCUT2D eigenvalue weighted by Crippen LogP contribution is -2.26. The summed E-state index contributed by atoms with van der Waals surface area (Å²) in [4.78, 5) is 16.1. The molecule has 0 atom stereocenters. The second-order valence-corrected chi connectivity index (χ2v) is 14.8. The van der Waals surface area contributed by atoms with Gasteiger partial charge in [0.1, 0.15) is 11.4 Å². The fraction of sp³-hybridized carbons (Fsp3) is 0.424. The van der Waals surface area contributed by atoms with Crippen LogP contribution in [0.1, 0.15) is 84.6 Å². The van der Waals surface area contributed by atoms with Crippen molar-refractivity contribution in [1.29, 1.82) is 0 Å². The molecule has 0 spiro atoms. The van der Waals surface area contributed by atoms with E-state index in [0.717, 1.165) is 11.1 Å². The first-order valence-corrected chi connectivity index (χ1v) is 14.2. The topological polar surface area (TPSA) is 35.5 Å². The predicted molar refractivity (Wildman–Crippen MR) is 155 cm³/mol. The Bertz CT molecular complexity index is 1150. The Labute approximate surface area is 226 Å². The smallest absolute Gasteiger partial charge is 0.428 e. The van der Waals surface area contributed by atoms with E-state index in [9.17, 15) is 4.79 Å². The number of ether oxygens (including phenoxy) is 2. The molecule has 37 heavy (non-hydrogen) atoms. The molecule has 0 radical (unpaired) electrons. The van der Waals surface area contributed by atoms with Crippen LogP contribution in [0.4, 0.5) is 4.79 Å². The highest BCUT2D eigenvalue weighted by molar-refractivity contribution is 7.97. The van der Waals surface area contributed by atoms with Crippen molar-refractivity contribution in [2.45, 2.75) is 107 Å². The van der Waals surface area contributed by atoms with Gasteiger partial charge in [-0.1, -0.05) is 65.8 Å². The van der Waals surface area contributed by atoms with Crippen molar-refractivity contribution < 1.29 is 14.3 Å². The SMILES string of the molecule is Cc1cc([S+](c2ccc(C(C)(C)C)cc2)c2ccc(C(C)(C)C)cc2)cc(C)c1OC(=O)OC(C)(C)C. The zero-order chi connectivity index (χ0) is 27.8. The lowest BCUT2D eigenvalue weighted by molar-refractivity contribution is 0.0203. The van der Waals surface area contributed by atoms with E-state index < -0.39 is 11.8 Å². The molecule has 3 aromatic carbocycles. The molecule has 3 nitrogen and oxygen atoms in total. The molecule has 3 aromatic rings. The highest BCUT2D eigenvalue weighted by Gasteiger charge is 2.32. The predicted octanol–water partition coefficient (Wildman–Crippen LogP) is 9.31. The Morgan fingerprint density at radius 3 is 1.32 bits per heavy atom. The third-order valence-corrected chi connectivity index (χ3v) is 8.35. The summed E-state index contributed by atoms with van der Waals surface area (Å²) in [6.07, 6.45) is -0.680. The van der Waals surface area contributed by atoms with Crippen molar-refractivity contribution in [3.63, 3.8) is 0 Å². The first-order chi connectivity index (χ1) is 17.0. The quantitative estimate of drug-likeness (QED) is 0.196. The molecule has 0 unspecified atom stereocenters. The van der Waals surface area contributed by atoms with Gasteiger partial charge in [-0.3, -0.25) is 0 Å². The second kappa shape index (κ2) is 10.6. The Kier molecular flexibility index (Phi) is 8.24.